The Labute approximate surface area is 223 Å². The molecule has 3 aromatic rings. The van der Waals surface area contributed by atoms with Crippen LogP contribution in [0.4, 0.5) is 5.69 Å². The highest BCUT2D eigenvalue weighted by Crippen LogP contribution is 2.46. The van der Waals surface area contributed by atoms with Gasteiger partial charge in [-0.25, -0.2) is 0 Å². The summed E-state index contributed by atoms with van der Waals surface area (Å²) in [6, 6.07) is 15.4. The molecule has 0 radical (unpaired) electrons. The summed E-state index contributed by atoms with van der Waals surface area (Å²) in [5, 5.41) is 5.13. The van der Waals surface area contributed by atoms with E-state index < -0.39 is 12.0 Å². The summed E-state index contributed by atoms with van der Waals surface area (Å²) in [4.78, 5) is 32.1. The van der Waals surface area contributed by atoms with E-state index in [0.29, 0.717) is 29.2 Å². The van der Waals surface area contributed by atoms with Gasteiger partial charge in [0.2, 0.25) is 5.91 Å². The number of methoxy groups -OCH3 is 2. The van der Waals surface area contributed by atoms with Crippen LogP contribution in [-0.4, -0.2) is 57.6 Å². The van der Waals surface area contributed by atoms with Crippen LogP contribution < -0.4 is 19.7 Å². The smallest absolute Gasteiger partial charge is 0.254 e. The second-order valence-electron chi connectivity index (χ2n) is 9.21. The van der Waals surface area contributed by atoms with E-state index in [1.54, 1.807) is 42.5 Å². The Balaban J connectivity index is 1.57. The van der Waals surface area contributed by atoms with Crippen LogP contribution in [0.15, 0.2) is 53.9 Å². The summed E-state index contributed by atoms with van der Waals surface area (Å²) in [7, 11) is 4.85. The summed E-state index contributed by atoms with van der Waals surface area (Å²) in [5.41, 5.74) is 3.54. The van der Waals surface area contributed by atoms with E-state index in [4.69, 9.17) is 9.47 Å². The molecule has 0 bridgehead atoms. The zero-order valence-electron chi connectivity index (χ0n) is 22.1. The minimum Gasteiger partial charge on any atom is -0.493 e. The number of hydrogen-bond acceptors (Lipinski definition) is 6. The van der Waals surface area contributed by atoms with E-state index in [9.17, 15) is 9.59 Å². The molecule has 196 valence electrons. The molecular formula is C29H35N3O4S. The van der Waals surface area contributed by atoms with Crippen molar-refractivity contribution in [3.8, 4) is 11.5 Å². The van der Waals surface area contributed by atoms with Crippen LogP contribution in [0.3, 0.4) is 0 Å². The lowest BCUT2D eigenvalue weighted by Crippen LogP contribution is -2.45. The number of likely N-dealkylation sites (N-methyl/N-ethyl adjacent to an activating group) is 1. The lowest BCUT2D eigenvalue weighted by Gasteiger charge is -2.39. The Hall–Kier alpha value is -3.52. The molecule has 2 aromatic carbocycles. The Morgan fingerprint density at radius 2 is 1.86 bits per heavy atom. The summed E-state index contributed by atoms with van der Waals surface area (Å²) in [6.45, 7) is 6.49. The molecule has 0 aliphatic carbocycles. The van der Waals surface area contributed by atoms with Gasteiger partial charge in [0, 0.05) is 42.8 Å². The molecule has 0 saturated carbocycles. The highest BCUT2D eigenvalue weighted by molar-refractivity contribution is 7.10. The van der Waals surface area contributed by atoms with Crippen molar-refractivity contribution in [3.63, 3.8) is 0 Å². The van der Waals surface area contributed by atoms with Crippen molar-refractivity contribution in [1.29, 1.82) is 0 Å². The van der Waals surface area contributed by atoms with Crippen molar-refractivity contribution >= 4 is 28.8 Å². The van der Waals surface area contributed by atoms with Crippen LogP contribution >= 0.6 is 11.3 Å². The molecule has 0 spiro atoms. The molecule has 1 N–H and O–H groups in total. The van der Waals surface area contributed by atoms with Gasteiger partial charge in [-0.3, -0.25) is 9.59 Å². The van der Waals surface area contributed by atoms with Gasteiger partial charge >= 0.3 is 0 Å². The molecule has 4 rings (SSSR count). The molecule has 2 amide bonds. The van der Waals surface area contributed by atoms with Gasteiger partial charge in [-0.1, -0.05) is 18.2 Å². The summed E-state index contributed by atoms with van der Waals surface area (Å²) < 4.78 is 11.0. The van der Waals surface area contributed by atoms with Gasteiger partial charge in [0.25, 0.3) is 5.91 Å². The van der Waals surface area contributed by atoms with E-state index in [1.807, 2.05) is 17.5 Å². The third-order valence-electron chi connectivity index (χ3n) is 6.94. The predicted octanol–water partition coefficient (Wildman–Crippen LogP) is 5.02. The average molecular weight is 522 g/mol. The molecule has 1 aliphatic heterocycles. The zero-order chi connectivity index (χ0) is 26.5. The first-order valence-electron chi connectivity index (χ1n) is 12.5. The van der Waals surface area contributed by atoms with Gasteiger partial charge in [0.15, 0.2) is 11.5 Å². The van der Waals surface area contributed by atoms with E-state index in [2.05, 4.69) is 48.3 Å². The van der Waals surface area contributed by atoms with Crippen LogP contribution in [0.5, 0.6) is 11.5 Å². The number of rotatable bonds is 10. The number of benzene rings is 2. The minimum atomic E-state index is -0.574. The lowest BCUT2D eigenvalue weighted by molar-refractivity contribution is -0.124. The van der Waals surface area contributed by atoms with Crippen LogP contribution in [0.1, 0.15) is 51.7 Å². The minimum absolute atomic E-state index is 0.107. The van der Waals surface area contributed by atoms with Crippen LogP contribution in [0, 0.1) is 6.92 Å². The van der Waals surface area contributed by atoms with Crippen molar-refractivity contribution in [3.05, 3.63) is 75.5 Å². The predicted molar refractivity (Wildman–Crippen MR) is 148 cm³/mol. The fraction of sp³-hybridized carbons (Fsp3) is 0.379. The maximum atomic E-state index is 13.8. The molecule has 2 unspecified atom stereocenters. The molecule has 2 atom stereocenters. The molecular weight excluding hydrogens is 486 g/mol. The number of carbonyl (C=O) groups excluding carboxylic acids is 2. The maximum absolute atomic E-state index is 13.8. The normalized spacial score (nSPS) is 16.8. The monoisotopic (exact) mass is 521 g/mol. The molecule has 1 aromatic heterocycles. The van der Waals surface area contributed by atoms with Gasteiger partial charge in [-0.15, -0.1) is 11.3 Å². The molecule has 2 heterocycles. The summed E-state index contributed by atoms with van der Waals surface area (Å²) >= 11 is 1.55. The largest absolute Gasteiger partial charge is 0.493 e. The lowest BCUT2D eigenvalue weighted by atomic mass is 9.81. The second-order valence-corrected chi connectivity index (χ2v) is 10.2. The Kier molecular flexibility index (Phi) is 8.38. The van der Waals surface area contributed by atoms with E-state index in [1.165, 1.54) is 18.4 Å². The number of nitrogens with zero attached hydrogens (tertiary/aromatic N) is 2. The quantitative estimate of drug-likeness (QED) is 0.380. The molecule has 7 nitrogen and oxygen atoms in total. The number of fused-ring (bicyclic) bond motifs is 1. The van der Waals surface area contributed by atoms with Crippen LogP contribution in [0.25, 0.3) is 0 Å². The first kappa shape index (κ1) is 26.5. The van der Waals surface area contributed by atoms with Crippen molar-refractivity contribution in [2.24, 2.45) is 0 Å². The summed E-state index contributed by atoms with van der Waals surface area (Å²) in [6.07, 6.45) is 0.803. The fourth-order valence-electron chi connectivity index (χ4n) is 5.03. The molecule has 37 heavy (non-hydrogen) atoms. The molecule has 1 aliphatic rings. The highest BCUT2D eigenvalue weighted by atomic mass is 32.1. The third-order valence-corrected chi connectivity index (χ3v) is 7.89. The number of aryl methyl sites for hydroxylation is 1. The molecule has 0 saturated heterocycles. The summed E-state index contributed by atoms with van der Waals surface area (Å²) in [5.74, 6) is 0.140. The van der Waals surface area contributed by atoms with Crippen LogP contribution in [0.2, 0.25) is 0 Å². The first-order valence-corrected chi connectivity index (χ1v) is 13.4. The molecule has 0 fully saturated rings. The van der Waals surface area contributed by atoms with E-state index in [-0.39, 0.29) is 11.8 Å². The van der Waals surface area contributed by atoms with Gasteiger partial charge in [-0.05, 0) is 67.1 Å². The second kappa shape index (κ2) is 11.7. The average Bonchev–Trinajstić information content (AvgIpc) is 3.44. The number of amides is 2. The van der Waals surface area contributed by atoms with E-state index in [0.717, 1.165) is 24.4 Å². The number of nitrogens with one attached hydrogen (secondary N) is 1. The first-order chi connectivity index (χ1) is 17.9. The number of thiophene rings is 1. The molecule has 8 heteroatoms. The SMILES string of the molecule is CCN(CCCNC(=O)C1c2cc(OC)c(OC)cc2C(=O)N(C)C1c1cccs1)c1cccc(C)c1. The fourth-order valence-corrected chi connectivity index (χ4v) is 5.94. The van der Waals surface area contributed by atoms with Crippen molar-refractivity contribution in [2.75, 3.05) is 45.8 Å². The number of ether oxygens (including phenoxy) is 2. The Bertz CT molecular complexity index is 1240. The van der Waals surface area contributed by atoms with Crippen molar-refractivity contribution in [2.45, 2.75) is 32.2 Å². The van der Waals surface area contributed by atoms with Crippen molar-refractivity contribution < 1.29 is 19.1 Å². The van der Waals surface area contributed by atoms with Gasteiger partial charge < -0.3 is 24.6 Å². The number of hydrogen-bond donors (Lipinski definition) is 1. The number of carbonyl (C=O) groups is 2. The standard InChI is InChI=1S/C29H35N3O4S/c1-6-32(20-11-7-10-19(2)16-20)14-9-13-30-28(33)26-21-17-23(35-4)24(36-5)18-22(21)29(34)31(3)27(26)25-12-8-15-37-25/h7-8,10-12,15-18,26-27H,6,9,13-14H2,1-5H3,(H,30,33). The highest BCUT2D eigenvalue weighted by Gasteiger charge is 2.44. The Morgan fingerprint density at radius 3 is 2.51 bits per heavy atom. The zero-order valence-corrected chi connectivity index (χ0v) is 22.9. The topological polar surface area (TPSA) is 71.1 Å². The number of anilines is 1. The van der Waals surface area contributed by atoms with Crippen molar-refractivity contribution in [1.82, 2.24) is 10.2 Å². The van der Waals surface area contributed by atoms with Gasteiger partial charge in [-0.2, -0.15) is 0 Å². The van der Waals surface area contributed by atoms with Crippen LogP contribution in [-0.2, 0) is 4.79 Å². The van der Waals surface area contributed by atoms with Gasteiger partial charge in [0.1, 0.15) is 0 Å². The Morgan fingerprint density at radius 1 is 1.11 bits per heavy atom. The maximum Gasteiger partial charge on any atom is 0.254 e. The van der Waals surface area contributed by atoms with Gasteiger partial charge in [0.05, 0.1) is 26.2 Å². The third kappa shape index (κ3) is 5.44. The van der Waals surface area contributed by atoms with E-state index >= 15 is 0 Å².